The van der Waals surface area contributed by atoms with E-state index < -0.39 is 5.60 Å². The van der Waals surface area contributed by atoms with Gasteiger partial charge in [-0.3, -0.25) is 4.99 Å². The molecule has 106 valence electrons. The lowest BCUT2D eigenvalue weighted by atomic mass is 10.2. The second kappa shape index (κ2) is 7.01. The van der Waals surface area contributed by atoms with Crippen molar-refractivity contribution >= 4 is 36.0 Å². The Hall–Kier alpha value is -0.730. The number of amides is 1. The van der Waals surface area contributed by atoms with Gasteiger partial charge in [-0.05, 0) is 33.6 Å². The van der Waals surface area contributed by atoms with E-state index in [-0.39, 0.29) is 36.0 Å². The lowest BCUT2D eigenvalue weighted by molar-refractivity contribution is 0.0240. The maximum absolute atomic E-state index is 11.9. The van der Waals surface area contributed by atoms with Crippen molar-refractivity contribution in [2.24, 2.45) is 16.5 Å². The topological polar surface area (TPSA) is 93.9 Å². The van der Waals surface area contributed by atoms with Crippen LogP contribution in [0.15, 0.2) is 4.99 Å². The number of carbonyl (C=O) groups is 1. The van der Waals surface area contributed by atoms with Crippen LogP contribution >= 0.6 is 24.0 Å². The number of aliphatic imine (C=N–C) groups is 1. The van der Waals surface area contributed by atoms with Crippen molar-refractivity contribution in [2.75, 3.05) is 13.1 Å². The van der Waals surface area contributed by atoms with Crippen LogP contribution in [-0.4, -0.2) is 41.7 Å². The summed E-state index contributed by atoms with van der Waals surface area (Å²) in [6, 6.07) is 0.291. The molecule has 1 saturated carbocycles. The van der Waals surface area contributed by atoms with Crippen LogP contribution in [0.3, 0.4) is 0 Å². The summed E-state index contributed by atoms with van der Waals surface area (Å²) in [5.74, 6) is 0.0462. The predicted molar refractivity (Wildman–Crippen MR) is 82.1 cm³/mol. The molecule has 6 nitrogen and oxygen atoms in total. The average molecular weight is 370 g/mol. The average Bonchev–Trinajstić information content (AvgIpc) is 2.91. The third-order valence-corrected chi connectivity index (χ3v) is 2.25. The van der Waals surface area contributed by atoms with Crippen LogP contribution in [0.4, 0.5) is 4.79 Å². The quantitative estimate of drug-likeness (QED) is 0.443. The van der Waals surface area contributed by atoms with Crippen molar-refractivity contribution in [3.8, 4) is 0 Å². The fourth-order valence-corrected chi connectivity index (χ4v) is 1.42. The van der Waals surface area contributed by atoms with Crippen LogP contribution in [0.1, 0.15) is 33.6 Å². The van der Waals surface area contributed by atoms with E-state index in [9.17, 15) is 4.79 Å². The molecule has 0 aromatic rings. The summed E-state index contributed by atoms with van der Waals surface area (Å²) in [7, 11) is 0. The summed E-state index contributed by atoms with van der Waals surface area (Å²) in [5.41, 5.74) is 10.0. The Morgan fingerprint density at radius 1 is 1.39 bits per heavy atom. The zero-order valence-corrected chi connectivity index (χ0v) is 13.5. The highest BCUT2D eigenvalue weighted by Gasteiger charge is 2.34. The van der Waals surface area contributed by atoms with Crippen LogP contribution in [0, 0.1) is 0 Å². The van der Waals surface area contributed by atoms with E-state index in [4.69, 9.17) is 16.2 Å². The van der Waals surface area contributed by atoms with Gasteiger partial charge in [-0.2, -0.15) is 0 Å². The van der Waals surface area contributed by atoms with Gasteiger partial charge >= 0.3 is 6.09 Å². The van der Waals surface area contributed by atoms with Crippen molar-refractivity contribution in [2.45, 2.75) is 45.3 Å². The van der Waals surface area contributed by atoms with E-state index in [1.807, 2.05) is 20.8 Å². The summed E-state index contributed by atoms with van der Waals surface area (Å²) in [6.45, 7) is 6.47. The third-order valence-electron chi connectivity index (χ3n) is 2.25. The van der Waals surface area contributed by atoms with Crippen LogP contribution in [0.25, 0.3) is 0 Å². The molecule has 0 atom stereocenters. The molecule has 1 amide bonds. The molecule has 0 aliphatic heterocycles. The molecule has 1 aliphatic rings. The Bertz CT molecular complexity index is 307. The van der Waals surface area contributed by atoms with Gasteiger partial charge in [-0.25, -0.2) is 4.79 Å². The van der Waals surface area contributed by atoms with Crippen LogP contribution in [0.2, 0.25) is 0 Å². The van der Waals surface area contributed by atoms with Gasteiger partial charge in [0.15, 0.2) is 5.96 Å². The van der Waals surface area contributed by atoms with Crippen LogP contribution < -0.4 is 11.5 Å². The first-order chi connectivity index (χ1) is 7.79. The first-order valence-electron chi connectivity index (χ1n) is 5.84. The number of rotatable bonds is 4. The normalized spacial score (nSPS) is 14.4. The van der Waals surface area contributed by atoms with E-state index in [1.54, 1.807) is 4.90 Å². The molecule has 0 aromatic heterocycles. The van der Waals surface area contributed by atoms with Crippen molar-refractivity contribution < 1.29 is 9.53 Å². The number of hydrogen-bond donors (Lipinski definition) is 2. The number of nitrogens with zero attached hydrogens (tertiary/aromatic N) is 2. The van der Waals surface area contributed by atoms with Crippen LogP contribution in [0.5, 0.6) is 0 Å². The number of carbonyl (C=O) groups excluding carboxylic acids is 1. The van der Waals surface area contributed by atoms with Gasteiger partial charge in [0.2, 0.25) is 0 Å². The maximum atomic E-state index is 11.9. The zero-order valence-electron chi connectivity index (χ0n) is 11.2. The Labute approximate surface area is 125 Å². The Morgan fingerprint density at radius 3 is 2.33 bits per heavy atom. The van der Waals surface area contributed by atoms with Gasteiger partial charge in [0.1, 0.15) is 5.60 Å². The van der Waals surface area contributed by atoms with E-state index in [2.05, 4.69) is 4.99 Å². The van der Waals surface area contributed by atoms with E-state index in [0.29, 0.717) is 19.1 Å². The molecular formula is C11H23IN4O2. The largest absolute Gasteiger partial charge is 0.444 e. The summed E-state index contributed by atoms with van der Waals surface area (Å²) in [5, 5.41) is 0. The van der Waals surface area contributed by atoms with Crippen molar-refractivity contribution in [1.82, 2.24) is 4.90 Å². The minimum atomic E-state index is -0.472. The molecule has 1 fully saturated rings. The van der Waals surface area contributed by atoms with Gasteiger partial charge in [-0.1, -0.05) is 0 Å². The number of nitrogens with two attached hydrogens (primary N) is 2. The van der Waals surface area contributed by atoms with Gasteiger partial charge in [0.05, 0.1) is 6.54 Å². The fraction of sp³-hybridized carbons (Fsp3) is 0.818. The molecule has 4 N–H and O–H groups in total. The minimum Gasteiger partial charge on any atom is -0.444 e. The highest BCUT2D eigenvalue weighted by molar-refractivity contribution is 14.0. The minimum absolute atomic E-state index is 0. The Kier molecular flexibility index (Phi) is 6.72. The molecular weight excluding hydrogens is 347 g/mol. The lowest BCUT2D eigenvalue weighted by Gasteiger charge is -2.27. The summed E-state index contributed by atoms with van der Waals surface area (Å²) in [4.78, 5) is 17.5. The molecule has 0 unspecified atom stereocenters. The zero-order chi connectivity index (χ0) is 13.1. The number of ether oxygens (including phenoxy) is 1. The number of guanidine groups is 1. The molecule has 18 heavy (non-hydrogen) atoms. The highest BCUT2D eigenvalue weighted by Crippen LogP contribution is 2.28. The third kappa shape index (κ3) is 6.87. The first-order valence-corrected chi connectivity index (χ1v) is 5.84. The fourth-order valence-electron chi connectivity index (χ4n) is 1.42. The van der Waals surface area contributed by atoms with Crippen LogP contribution in [-0.2, 0) is 4.74 Å². The lowest BCUT2D eigenvalue weighted by Crippen LogP contribution is -2.40. The first kappa shape index (κ1) is 17.3. The standard InChI is InChI=1S/C11H22N4O2.HI/c1-11(2,3)17-10(16)15(8-4-5-8)7-6-14-9(12)13;/h8H,4-7H2,1-3H3,(H4,12,13,14);1H. The molecule has 0 radical (unpaired) electrons. The monoisotopic (exact) mass is 370 g/mol. The molecule has 0 aromatic carbocycles. The van der Waals surface area contributed by atoms with E-state index in [1.165, 1.54) is 0 Å². The second-order valence-electron chi connectivity index (χ2n) is 5.21. The highest BCUT2D eigenvalue weighted by atomic mass is 127. The summed E-state index contributed by atoms with van der Waals surface area (Å²) >= 11 is 0. The van der Waals surface area contributed by atoms with E-state index in [0.717, 1.165) is 12.8 Å². The molecule has 0 bridgehead atoms. The van der Waals surface area contributed by atoms with Gasteiger partial charge in [0, 0.05) is 12.6 Å². The molecule has 0 saturated heterocycles. The molecule has 0 heterocycles. The molecule has 1 aliphatic carbocycles. The summed E-state index contributed by atoms with van der Waals surface area (Å²) < 4.78 is 5.33. The van der Waals surface area contributed by atoms with Crippen molar-refractivity contribution in [3.63, 3.8) is 0 Å². The van der Waals surface area contributed by atoms with E-state index >= 15 is 0 Å². The Morgan fingerprint density at radius 2 is 1.94 bits per heavy atom. The van der Waals surface area contributed by atoms with Crippen molar-refractivity contribution in [1.29, 1.82) is 0 Å². The van der Waals surface area contributed by atoms with Crippen molar-refractivity contribution in [3.05, 3.63) is 0 Å². The van der Waals surface area contributed by atoms with Gasteiger partial charge in [-0.15, -0.1) is 24.0 Å². The number of hydrogen-bond acceptors (Lipinski definition) is 3. The Balaban J connectivity index is 0.00000289. The van der Waals surface area contributed by atoms with Gasteiger partial charge in [0.25, 0.3) is 0 Å². The predicted octanol–water partition coefficient (Wildman–Crippen LogP) is 1.28. The SMILES string of the molecule is CC(C)(C)OC(=O)N(CCN=C(N)N)C1CC1.I. The van der Waals surface area contributed by atoms with Gasteiger partial charge < -0.3 is 21.1 Å². The maximum Gasteiger partial charge on any atom is 0.410 e. The number of halogens is 1. The molecule has 0 spiro atoms. The second-order valence-corrected chi connectivity index (χ2v) is 5.21. The molecule has 1 rings (SSSR count). The summed E-state index contributed by atoms with van der Waals surface area (Å²) in [6.07, 6.45) is 1.77. The smallest absolute Gasteiger partial charge is 0.410 e. The molecule has 7 heteroatoms.